The Morgan fingerprint density at radius 1 is 1.08 bits per heavy atom. The highest BCUT2D eigenvalue weighted by Crippen LogP contribution is 2.15. The van der Waals surface area contributed by atoms with Crippen molar-refractivity contribution in [1.82, 2.24) is 24.9 Å². The number of hydrogen-bond donors (Lipinski definition) is 1. The molecule has 3 aromatic rings. The van der Waals surface area contributed by atoms with Crippen LogP contribution < -0.4 is 5.32 Å². The van der Waals surface area contributed by atoms with E-state index in [1.807, 2.05) is 41.5 Å². The van der Waals surface area contributed by atoms with Crippen LogP contribution in [0.2, 0.25) is 0 Å². The fraction of sp³-hybridized carbons (Fsp3) is 0.400. The van der Waals surface area contributed by atoms with E-state index in [-0.39, 0.29) is 0 Å². The van der Waals surface area contributed by atoms with Crippen molar-refractivity contribution >= 4 is 0 Å². The monoisotopic (exact) mass is 337 g/mol. The van der Waals surface area contributed by atoms with Crippen molar-refractivity contribution in [1.29, 1.82) is 0 Å². The molecule has 0 radical (unpaired) electrons. The summed E-state index contributed by atoms with van der Waals surface area (Å²) < 4.78 is 4.00. The summed E-state index contributed by atoms with van der Waals surface area (Å²) in [5, 5.41) is 12.8. The minimum absolute atomic E-state index is 0.345. The molecular formula is C20H27N5. The maximum Gasteiger partial charge on any atom is 0.0648 e. The predicted molar refractivity (Wildman–Crippen MR) is 101 cm³/mol. The van der Waals surface area contributed by atoms with E-state index in [0.29, 0.717) is 6.04 Å². The van der Waals surface area contributed by atoms with Gasteiger partial charge < -0.3 is 5.32 Å². The lowest BCUT2D eigenvalue weighted by molar-refractivity contribution is 0.531. The summed E-state index contributed by atoms with van der Waals surface area (Å²) in [6.45, 7) is 9.30. The molecule has 5 heteroatoms. The van der Waals surface area contributed by atoms with Crippen molar-refractivity contribution in [3.8, 4) is 5.69 Å². The molecule has 1 atom stereocenters. The summed E-state index contributed by atoms with van der Waals surface area (Å²) in [7, 11) is 2.00. The van der Waals surface area contributed by atoms with E-state index in [9.17, 15) is 0 Å². The van der Waals surface area contributed by atoms with E-state index in [4.69, 9.17) is 0 Å². The summed E-state index contributed by atoms with van der Waals surface area (Å²) in [6, 6.07) is 12.8. The van der Waals surface area contributed by atoms with Crippen LogP contribution in [0.4, 0.5) is 0 Å². The minimum Gasteiger partial charge on any atom is -0.310 e. The summed E-state index contributed by atoms with van der Waals surface area (Å²) in [4.78, 5) is 0. The van der Waals surface area contributed by atoms with E-state index in [1.54, 1.807) is 0 Å². The summed E-state index contributed by atoms with van der Waals surface area (Å²) in [5.41, 5.74) is 7.00. The molecule has 0 saturated heterocycles. The van der Waals surface area contributed by atoms with Crippen LogP contribution in [0.15, 0.2) is 36.4 Å². The number of hydrogen-bond acceptors (Lipinski definition) is 3. The topological polar surface area (TPSA) is 47.7 Å². The van der Waals surface area contributed by atoms with Crippen molar-refractivity contribution in [2.45, 2.75) is 46.7 Å². The maximum atomic E-state index is 4.66. The van der Waals surface area contributed by atoms with E-state index in [1.165, 1.54) is 17.0 Å². The van der Waals surface area contributed by atoms with E-state index in [2.05, 4.69) is 54.5 Å². The van der Waals surface area contributed by atoms with Crippen molar-refractivity contribution < 1.29 is 0 Å². The van der Waals surface area contributed by atoms with Gasteiger partial charge in [-0.15, -0.1) is 0 Å². The van der Waals surface area contributed by atoms with Gasteiger partial charge in [0, 0.05) is 43.0 Å². The van der Waals surface area contributed by atoms with Gasteiger partial charge in [0.05, 0.1) is 17.1 Å². The van der Waals surface area contributed by atoms with E-state index < -0.39 is 0 Å². The first-order valence-corrected chi connectivity index (χ1v) is 8.79. The van der Waals surface area contributed by atoms with Crippen molar-refractivity contribution in [3.05, 3.63) is 64.7 Å². The molecule has 1 N–H and O–H groups in total. The number of para-hydroxylation sites is 1. The van der Waals surface area contributed by atoms with Crippen LogP contribution >= 0.6 is 0 Å². The summed E-state index contributed by atoms with van der Waals surface area (Å²) in [5.74, 6) is 0. The van der Waals surface area contributed by atoms with E-state index in [0.717, 1.165) is 30.0 Å². The zero-order chi connectivity index (χ0) is 18.0. The highest BCUT2D eigenvalue weighted by atomic mass is 15.3. The Morgan fingerprint density at radius 2 is 1.80 bits per heavy atom. The van der Waals surface area contributed by atoms with Crippen LogP contribution in [0.3, 0.4) is 0 Å². The number of aryl methyl sites for hydroxylation is 3. The van der Waals surface area contributed by atoms with Crippen LogP contribution in [0.5, 0.6) is 0 Å². The third-order valence-corrected chi connectivity index (χ3v) is 4.71. The number of aromatic nitrogens is 4. The smallest absolute Gasteiger partial charge is 0.0648 e. The van der Waals surface area contributed by atoms with Crippen molar-refractivity contribution in [3.63, 3.8) is 0 Å². The molecule has 0 aliphatic rings. The van der Waals surface area contributed by atoms with Gasteiger partial charge in [0.25, 0.3) is 0 Å². The molecule has 3 rings (SSSR count). The third-order valence-electron chi connectivity index (χ3n) is 4.71. The summed E-state index contributed by atoms with van der Waals surface area (Å²) in [6.07, 6.45) is 0.925. The molecule has 0 aliphatic carbocycles. The first-order chi connectivity index (χ1) is 12.0. The van der Waals surface area contributed by atoms with E-state index >= 15 is 0 Å². The Morgan fingerprint density at radius 3 is 2.44 bits per heavy atom. The number of benzene rings is 1. The lowest BCUT2D eigenvalue weighted by atomic mass is 10.1. The lowest BCUT2D eigenvalue weighted by Crippen LogP contribution is -2.28. The van der Waals surface area contributed by atoms with Gasteiger partial charge >= 0.3 is 0 Å². The van der Waals surface area contributed by atoms with Gasteiger partial charge in [-0.3, -0.25) is 4.68 Å². The van der Waals surface area contributed by atoms with Crippen LogP contribution in [-0.4, -0.2) is 25.6 Å². The first-order valence-electron chi connectivity index (χ1n) is 8.79. The van der Waals surface area contributed by atoms with Crippen LogP contribution in [0, 0.1) is 20.8 Å². The van der Waals surface area contributed by atoms with Crippen LogP contribution in [0.1, 0.15) is 35.3 Å². The number of nitrogens with zero attached hydrogens (tertiary/aromatic N) is 4. The predicted octanol–water partition coefficient (Wildman–Crippen LogP) is 3.25. The van der Waals surface area contributed by atoms with Crippen LogP contribution in [0.25, 0.3) is 5.69 Å². The van der Waals surface area contributed by atoms with Gasteiger partial charge in [-0.05, 0) is 45.9 Å². The standard InChI is InChI=1S/C20H27N5/c1-14(21-13-20-16(3)23-24(5)17(20)4)11-19-12-15(2)22-25(19)18-9-7-6-8-10-18/h6-10,12,14,21H,11,13H2,1-5H3/t14-/m1/s1. The number of rotatable bonds is 6. The molecule has 5 nitrogen and oxygen atoms in total. The largest absolute Gasteiger partial charge is 0.310 e. The molecule has 2 aromatic heterocycles. The molecular weight excluding hydrogens is 310 g/mol. The fourth-order valence-corrected chi connectivity index (χ4v) is 3.23. The molecule has 0 spiro atoms. The molecule has 25 heavy (non-hydrogen) atoms. The number of nitrogens with one attached hydrogen (secondary N) is 1. The normalized spacial score (nSPS) is 12.5. The Labute approximate surface area is 149 Å². The summed E-state index contributed by atoms with van der Waals surface area (Å²) >= 11 is 0. The minimum atomic E-state index is 0.345. The molecule has 0 unspecified atom stereocenters. The molecule has 2 heterocycles. The molecule has 132 valence electrons. The molecule has 0 saturated carbocycles. The molecule has 0 fully saturated rings. The first kappa shape index (κ1) is 17.4. The molecule has 0 amide bonds. The second kappa shape index (κ2) is 7.23. The zero-order valence-corrected chi connectivity index (χ0v) is 15.7. The average molecular weight is 337 g/mol. The SMILES string of the molecule is Cc1cc(C[C@@H](C)NCc2c(C)nn(C)c2C)n(-c2ccccc2)n1. The fourth-order valence-electron chi connectivity index (χ4n) is 3.23. The van der Waals surface area contributed by atoms with Crippen LogP contribution in [-0.2, 0) is 20.0 Å². The highest BCUT2D eigenvalue weighted by molar-refractivity contribution is 5.33. The van der Waals surface area contributed by atoms with Gasteiger partial charge in [0.1, 0.15) is 0 Å². The second-order valence-electron chi connectivity index (χ2n) is 6.78. The maximum absolute atomic E-state index is 4.66. The highest BCUT2D eigenvalue weighted by Gasteiger charge is 2.14. The molecule has 0 bridgehead atoms. The molecule has 1 aromatic carbocycles. The zero-order valence-electron chi connectivity index (χ0n) is 15.7. The van der Waals surface area contributed by atoms with Crippen molar-refractivity contribution in [2.75, 3.05) is 0 Å². The Balaban J connectivity index is 1.70. The third kappa shape index (κ3) is 3.82. The Kier molecular flexibility index (Phi) is 5.04. The van der Waals surface area contributed by atoms with Gasteiger partial charge in [0.2, 0.25) is 0 Å². The molecule has 0 aliphatic heterocycles. The Bertz CT molecular complexity index is 845. The average Bonchev–Trinajstić information content (AvgIpc) is 3.06. The van der Waals surface area contributed by atoms with Crippen molar-refractivity contribution in [2.24, 2.45) is 7.05 Å². The second-order valence-corrected chi connectivity index (χ2v) is 6.78. The quantitative estimate of drug-likeness (QED) is 0.751. The van der Waals surface area contributed by atoms with Gasteiger partial charge in [-0.1, -0.05) is 18.2 Å². The van der Waals surface area contributed by atoms with Gasteiger partial charge in [-0.2, -0.15) is 10.2 Å². The Hall–Kier alpha value is -2.40. The lowest BCUT2D eigenvalue weighted by Gasteiger charge is -2.15. The van der Waals surface area contributed by atoms with Gasteiger partial charge in [0.15, 0.2) is 0 Å². The van der Waals surface area contributed by atoms with Gasteiger partial charge in [-0.25, -0.2) is 4.68 Å².